The van der Waals surface area contributed by atoms with E-state index in [9.17, 15) is 0 Å². The van der Waals surface area contributed by atoms with Gasteiger partial charge in [0.25, 0.3) is 0 Å². The van der Waals surface area contributed by atoms with Gasteiger partial charge in [0.2, 0.25) is 0 Å². The third-order valence-corrected chi connectivity index (χ3v) is 2.53. The molecule has 1 atom stereocenters. The Bertz CT molecular complexity index is 282. The van der Waals surface area contributed by atoms with Gasteiger partial charge in [-0.1, -0.05) is 11.6 Å². The van der Waals surface area contributed by atoms with E-state index in [0.29, 0.717) is 0 Å². The molecule has 0 saturated carbocycles. The van der Waals surface area contributed by atoms with Crippen LogP contribution in [0.5, 0.6) is 0 Å². The lowest BCUT2D eigenvalue weighted by atomic mass is 10.1. The minimum Gasteiger partial charge on any atom is -0.321 e. The highest BCUT2D eigenvalue weighted by molar-refractivity contribution is 7.10. The number of thiophene rings is 1. The van der Waals surface area contributed by atoms with Gasteiger partial charge in [0.05, 0.1) is 0 Å². The standard InChI is InChI=1S/C10H15NS/c1-7(2)4-10(11)9-5-8(3)12-6-9/h4-6,10H,11H2,1-3H3. The van der Waals surface area contributed by atoms with E-state index >= 15 is 0 Å². The Morgan fingerprint density at radius 1 is 1.58 bits per heavy atom. The largest absolute Gasteiger partial charge is 0.321 e. The van der Waals surface area contributed by atoms with Gasteiger partial charge in [-0.25, -0.2) is 0 Å². The quantitative estimate of drug-likeness (QED) is 0.697. The van der Waals surface area contributed by atoms with Crippen molar-refractivity contribution in [3.63, 3.8) is 0 Å². The number of aryl methyl sites for hydroxylation is 1. The fourth-order valence-corrected chi connectivity index (χ4v) is 1.85. The van der Waals surface area contributed by atoms with Gasteiger partial charge in [-0.3, -0.25) is 0 Å². The Labute approximate surface area is 77.9 Å². The molecule has 0 radical (unpaired) electrons. The minimum atomic E-state index is 0.0694. The maximum atomic E-state index is 5.94. The molecule has 2 N–H and O–H groups in total. The van der Waals surface area contributed by atoms with E-state index < -0.39 is 0 Å². The summed E-state index contributed by atoms with van der Waals surface area (Å²) in [5.41, 5.74) is 8.43. The summed E-state index contributed by atoms with van der Waals surface area (Å²) in [6.07, 6.45) is 2.08. The third kappa shape index (κ3) is 2.47. The van der Waals surface area contributed by atoms with E-state index in [1.54, 1.807) is 11.3 Å². The number of hydrogen-bond donors (Lipinski definition) is 1. The number of allylic oxidation sites excluding steroid dienone is 1. The monoisotopic (exact) mass is 181 g/mol. The van der Waals surface area contributed by atoms with Crippen LogP contribution in [-0.2, 0) is 0 Å². The van der Waals surface area contributed by atoms with Gasteiger partial charge in [0.15, 0.2) is 0 Å². The van der Waals surface area contributed by atoms with Crippen LogP contribution in [0.4, 0.5) is 0 Å². The molecule has 0 aromatic carbocycles. The Morgan fingerprint density at radius 2 is 2.25 bits per heavy atom. The summed E-state index contributed by atoms with van der Waals surface area (Å²) in [5.74, 6) is 0. The number of rotatable bonds is 2. The predicted octanol–water partition coefficient (Wildman–Crippen LogP) is 3.02. The van der Waals surface area contributed by atoms with Crippen molar-refractivity contribution in [2.45, 2.75) is 26.8 Å². The minimum absolute atomic E-state index is 0.0694. The van der Waals surface area contributed by atoms with Crippen molar-refractivity contribution in [1.82, 2.24) is 0 Å². The van der Waals surface area contributed by atoms with Gasteiger partial charge >= 0.3 is 0 Å². The molecule has 12 heavy (non-hydrogen) atoms. The smallest absolute Gasteiger partial charge is 0.0491 e. The van der Waals surface area contributed by atoms with E-state index in [1.165, 1.54) is 16.0 Å². The lowest BCUT2D eigenvalue weighted by Crippen LogP contribution is -2.05. The van der Waals surface area contributed by atoms with E-state index in [0.717, 1.165) is 0 Å². The van der Waals surface area contributed by atoms with E-state index in [2.05, 4.69) is 38.3 Å². The molecule has 1 aromatic heterocycles. The van der Waals surface area contributed by atoms with Gasteiger partial charge in [-0.15, -0.1) is 11.3 Å². The zero-order valence-electron chi connectivity index (χ0n) is 7.79. The normalized spacial score (nSPS) is 12.7. The van der Waals surface area contributed by atoms with E-state index in [1.807, 2.05) is 0 Å². The molecule has 0 saturated heterocycles. The van der Waals surface area contributed by atoms with Crippen LogP contribution in [0.3, 0.4) is 0 Å². The fraction of sp³-hybridized carbons (Fsp3) is 0.400. The fourth-order valence-electron chi connectivity index (χ4n) is 1.09. The van der Waals surface area contributed by atoms with E-state index in [4.69, 9.17) is 5.73 Å². The van der Waals surface area contributed by atoms with Crippen LogP contribution in [0, 0.1) is 6.92 Å². The molecule has 1 nitrogen and oxygen atoms in total. The van der Waals surface area contributed by atoms with Gasteiger partial charge in [0, 0.05) is 10.9 Å². The second kappa shape index (κ2) is 3.87. The molecule has 1 aromatic rings. The van der Waals surface area contributed by atoms with Crippen molar-refractivity contribution >= 4 is 11.3 Å². The summed E-state index contributed by atoms with van der Waals surface area (Å²) >= 11 is 1.75. The van der Waals surface area contributed by atoms with Crippen molar-refractivity contribution < 1.29 is 0 Å². The Hall–Kier alpha value is -0.600. The summed E-state index contributed by atoms with van der Waals surface area (Å²) in [5, 5.41) is 2.12. The molecule has 0 aliphatic heterocycles. The molecule has 0 aliphatic carbocycles. The summed E-state index contributed by atoms with van der Waals surface area (Å²) < 4.78 is 0. The molecule has 0 spiro atoms. The highest BCUT2D eigenvalue weighted by Crippen LogP contribution is 2.20. The van der Waals surface area contributed by atoms with Crippen LogP contribution in [0.25, 0.3) is 0 Å². The van der Waals surface area contributed by atoms with Crippen LogP contribution < -0.4 is 5.73 Å². The number of hydrogen-bond acceptors (Lipinski definition) is 2. The summed E-state index contributed by atoms with van der Waals surface area (Å²) in [6, 6.07) is 2.22. The van der Waals surface area contributed by atoms with Gasteiger partial charge in [-0.05, 0) is 37.8 Å². The predicted molar refractivity (Wildman–Crippen MR) is 55.4 cm³/mol. The molecule has 1 unspecified atom stereocenters. The van der Waals surface area contributed by atoms with Crippen molar-refractivity contribution in [2.75, 3.05) is 0 Å². The molecule has 0 amide bonds. The first-order valence-electron chi connectivity index (χ1n) is 4.05. The second-order valence-electron chi connectivity index (χ2n) is 3.26. The maximum absolute atomic E-state index is 5.94. The first-order chi connectivity index (χ1) is 5.59. The van der Waals surface area contributed by atoms with Gasteiger partial charge in [-0.2, -0.15) is 0 Å². The molecule has 66 valence electrons. The molecule has 2 heteroatoms. The van der Waals surface area contributed by atoms with Crippen LogP contribution in [-0.4, -0.2) is 0 Å². The second-order valence-corrected chi connectivity index (χ2v) is 4.38. The molecular formula is C10H15NS. The SMILES string of the molecule is CC(C)=CC(N)c1csc(C)c1. The van der Waals surface area contributed by atoms with Crippen LogP contribution in [0.1, 0.15) is 30.3 Å². The topological polar surface area (TPSA) is 26.0 Å². The zero-order chi connectivity index (χ0) is 9.14. The van der Waals surface area contributed by atoms with Gasteiger partial charge in [0.1, 0.15) is 0 Å². The van der Waals surface area contributed by atoms with Crippen molar-refractivity contribution in [2.24, 2.45) is 5.73 Å². The average Bonchev–Trinajstić information content (AvgIpc) is 2.34. The van der Waals surface area contributed by atoms with Crippen molar-refractivity contribution in [1.29, 1.82) is 0 Å². The maximum Gasteiger partial charge on any atom is 0.0491 e. The van der Waals surface area contributed by atoms with Crippen molar-refractivity contribution in [3.8, 4) is 0 Å². The highest BCUT2D eigenvalue weighted by atomic mass is 32.1. The molecule has 0 bridgehead atoms. The molecule has 0 aliphatic rings. The number of nitrogens with two attached hydrogens (primary N) is 1. The van der Waals surface area contributed by atoms with Crippen molar-refractivity contribution in [3.05, 3.63) is 33.5 Å². The van der Waals surface area contributed by atoms with Crippen LogP contribution in [0.2, 0.25) is 0 Å². The lowest BCUT2D eigenvalue weighted by molar-refractivity contribution is 0.904. The summed E-state index contributed by atoms with van der Waals surface area (Å²) in [4.78, 5) is 1.32. The Kier molecular flexibility index (Phi) is 3.06. The van der Waals surface area contributed by atoms with E-state index in [-0.39, 0.29) is 6.04 Å². The van der Waals surface area contributed by atoms with Crippen LogP contribution >= 0.6 is 11.3 Å². The van der Waals surface area contributed by atoms with Crippen LogP contribution in [0.15, 0.2) is 23.1 Å². The average molecular weight is 181 g/mol. The third-order valence-electron chi connectivity index (χ3n) is 1.65. The first kappa shape index (κ1) is 9.49. The Morgan fingerprint density at radius 3 is 2.67 bits per heavy atom. The highest BCUT2D eigenvalue weighted by Gasteiger charge is 2.03. The molecule has 1 rings (SSSR count). The lowest BCUT2D eigenvalue weighted by Gasteiger charge is -2.03. The molecule has 1 heterocycles. The summed E-state index contributed by atoms with van der Waals surface area (Å²) in [7, 11) is 0. The molecule has 0 fully saturated rings. The molecular weight excluding hydrogens is 166 g/mol. The first-order valence-corrected chi connectivity index (χ1v) is 4.93. The summed E-state index contributed by atoms with van der Waals surface area (Å²) in [6.45, 7) is 6.24. The zero-order valence-corrected chi connectivity index (χ0v) is 8.61. The Balaban J connectivity index is 2.78. The van der Waals surface area contributed by atoms with Gasteiger partial charge < -0.3 is 5.73 Å².